The van der Waals surface area contributed by atoms with Gasteiger partial charge in [-0.1, -0.05) is 12.1 Å². The van der Waals surface area contributed by atoms with Gasteiger partial charge < -0.3 is 9.30 Å². The first-order valence-electron chi connectivity index (χ1n) is 5.46. The van der Waals surface area contributed by atoms with Crippen molar-refractivity contribution in [2.75, 3.05) is 6.61 Å². The first-order valence-corrected chi connectivity index (χ1v) is 5.46. The zero-order valence-electron chi connectivity index (χ0n) is 9.55. The van der Waals surface area contributed by atoms with E-state index < -0.39 is 0 Å². The Morgan fingerprint density at radius 2 is 2.06 bits per heavy atom. The number of carbonyl (C=O) groups excluding carboxylic acids is 1. The molecule has 0 atom stereocenters. The summed E-state index contributed by atoms with van der Waals surface area (Å²) in [7, 11) is 0. The zero-order chi connectivity index (χ0) is 12.3. The van der Waals surface area contributed by atoms with Crippen LogP contribution in [0.25, 0.3) is 10.9 Å². The van der Waals surface area contributed by atoms with E-state index in [4.69, 9.17) is 4.74 Å². The lowest BCUT2D eigenvalue weighted by Gasteiger charge is -2.09. The standard InChI is InChI=1S/C13H13NO3/c1-2-17-13(16)9-14-8-7-12(15)10-5-3-4-6-11(10)14/h3-8H,2,9H2,1H3. The molecule has 1 aromatic heterocycles. The predicted octanol–water partition coefficient (Wildman–Crippen LogP) is 1.56. The minimum absolute atomic E-state index is 0.0410. The molecule has 1 heterocycles. The van der Waals surface area contributed by atoms with Gasteiger partial charge in [-0.25, -0.2) is 0 Å². The Bertz CT molecular complexity index is 601. The van der Waals surface area contributed by atoms with Gasteiger partial charge in [-0.3, -0.25) is 9.59 Å². The molecule has 17 heavy (non-hydrogen) atoms. The molecule has 0 saturated carbocycles. The summed E-state index contributed by atoms with van der Waals surface area (Å²) in [5.74, 6) is -0.304. The van der Waals surface area contributed by atoms with E-state index in [0.717, 1.165) is 5.52 Å². The van der Waals surface area contributed by atoms with Crippen molar-refractivity contribution in [1.29, 1.82) is 0 Å². The van der Waals surface area contributed by atoms with E-state index in [-0.39, 0.29) is 17.9 Å². The highest BCUT2D eigenvalue weighted by molar-refractivity contribution is 5.80. The van der Waals surface area contributed by atoms with E-state index in [2.05, 4.69) is 0 Å². The van der Waals surface area contributed by atoms with Crippen LogP contribution < -0.4 is 5.43 Å². The molecule has 88 valence electrons. The summed E-state index contributed by atoms with van der Waals surface area (Å²) < 4.78 is 6.60. The van der Waals surface area contributed by atoms with E-state index in [9.17, 15) is 9.59 Å². The number of ether oxygens (including phenoxy) is 1. The lowest BCUT2D eigenvalue weighted by molar-refractivity contribution is -0.143. The molecule has 2 rings (SSSR count). The lowest BCUT2D eigenvalue weighted by atomic mass is 10.2. The van der Waals surface area contributed by atoms with Gasteiger partial charge in [0.15, 0.2) is 5.43 Å². The maximum atomic E-state index is 11.6. The third kappa shape index (κ3) is 2.36. The molecule has 0 fully saturated rings. The van der Waals surface area contributed by atoms with Crippen LogP contribution in [0.2, 0.25) is 0 Å². The van der Waals surface area contributed by atoms with Gasteiger partial charge in [-0.15, -0.1) is 0 Å². The van der Waals surface area contributed by atoms with Gasteiger partial charge in [0.1, 0.15) is 6.54 Å². The maximum absolute atomic E-state index is 11.6. The van der Waals surface area contributed by atoms with Gasteiger partial charge in [-0.05, 0) is 19.1 Å². The van der Waals surface area contributed by atoms with Crippen LogP contribution >= 0.6 is 0 Å². The third-order valence-electron chi connectivity index (χ3n) is 2.49. The molecule has 0 saturated heterocycles. The van der Waals surface area contributed by atoms with Crippen LogP contribution in [-0.4, -0.2) is 17.1 Å². The van der Waals surface area contributed by atoms with Crippen molar-refractivity contribution in [2.45, 2.75) is 13.5 Å². The number of nitrogens with zero attached hydrogens (tertiary/aromatic N) is 1. The normalized spacial score (nSPS) is 10.4. The van der Waals surface area contributed by atoms with Gasteiger partial charge in [-0.2, -0.15) is 0 Å². The SMILES string of the molecule is CCOC(=O)Cn1ccc(=O)c2ccccc21. The summed E-state index contributed by atoms with van der Waals surface area (Å²) in [5.41, 5.74) is 0.703. The van der Waals surface area contributed by atoms with Crippen LogP contribution in [0.4, 0.5) is 0 Å². The highest BCUT2D eigenvalue weighted by Crippen LogP contribution is 2.09. The van der Waals surface area contributed by atoms with Gasteiger partial charge in [0, 0.05) is 17.6 Å². The number of carbonyl (C=O) groups is 1. The number of esters is 1. The van der Waals surface area contributed by atoms with Crippen molar-refractivity contribution in [3.63, 3.8) is 0 Å². The summed E-state index contributed by atoms with van der Waals surface area (Å²) >= 11 is 0. The number of rotatable bonds is 3. The van der Waals surface area contributed by atoms with Gasteiger partial charge in [0.2, 0.25) is 0 Å². The van der Waals surface area contributed by atoms with E-state index >= 15 is 0 Å². The van der Waals surface area contributed by atoms with Crippen LogP contribution in [0.5, 0.6) is 0 Å². The smallest absolute Gasteiger partial charge is 0.325 e. The van der Waals surface area contributed by atoms with Crippen molar-refractivity contribution in [3.05, 3.63) is 46.8 Å². The second kappa shape index (κ2) is 4.82. The topological polar surface area (TPSA) is 48.3 Å². The maximum Gasteiger partial charge on any atom is 0.325 e. The second-order valence-corrected chi connectivity index (χ2v) is 3.63. The highest BCUT2D eigenvalue weighted by Gasteiger charge is 2.06. The van der Waals surface area contributed by atoms with Crippen molar-refractivity contribution in [2.24, 2.45) is 0 Å². The van der Waals surface area contributed by atoms with Crippen molar-refractivity contribution >= 4 is 16.9 Å². The van der Waals surface area contributed by atoms with E-state index in [1.165, 1.54) is 6.07 Å². The van der Waals surface area contributed by atoms with Crippen LogP contribution in [-0.2, 0) is 16.1 Å². The molecular weight excluding hydrogens is 218 g/mol. The Balaban J connectivity index is 2.45. The number of para-hydroxylation sites is 1. The monoisotopic (exact) mass is 231 g/mol. The molecule has 0 aliphatic carbocycles. The molecule has 0 spiro atoms. The van der Waals surface area contributed by atoms with Crippen molar-refractivity contribution in [1.82, 2.24) is 4.57 Å². The number of fused-ring (bicyclic) bond motifs is 1. The molecule has 4 nitrogen and oxygen atoms in total. The summed E-state index contributed by atoms with van der Waals surface area (Å²) in [6.45, 7) is 2.24. The quantitative estimate of drug-likeness (QED) is 0.753. The summed E-state index contributed by atoms with van der Waals surface area (Å²) in [6.07, 6.45) is 1.61. The Morgan fingerprint density at radius 1 is 1.29 bits per heavy atom. The van der Waals surface area contributed by atoms with Crippen LogP contribution in [0.3, 0.4) is 0 Å². The lowest BCUT2D eigenvalue weighted by Crippen LogP contribution is -2.16. The van der Waals surface area contributed by atoms with Crippen LogP contribution in [0.15, 0.2) is 41.3 Å². The van der Waals surface area contributed by atoms with Gasteiger partial charge >= 0.3 is 5.97 Å². The summed E-state index contributed by atoms with van der Waals surface area (Å²) in [4.78, 5) is 23.0. The molecule has 0 radical (unpaired) electrons. The Labute approximate surface area is 98.4 Å². The Kier molecular flexibility index (Phi) is 3.23. The average Bonchev–Trinajstić information content (AvgIpc) is 2.34. The fourth-order valence-corrected chi connectivity index (χ4v) is 1.74. The number of hydrogen-bond donors (Lipinski definition) is 0. The summed E-state index contributed by atoms with van der Waals surface area (Å²) in [5, 5.41) is 0.610. The van der Waals surface area contributed by atoms with E-state index in [0.29, 0.717) is 12.0 Å². The Hall–Kier alpha value is -2.10. The molecule has 0 bridgehead atoms. The molecule has 1 aromatic carbocycles. The molecular formula is C13H13NO3. The number of benzene rings is 1. The van der Waals surface area contributed by atoms with Crippen LogP contribution in [0, 0.1) is 0 Å². The van der Waals surface area contributed by atoms with Crippen LogP contribution in [0.1, 0.15) is 6.92 Å². The number of aromatic nitrogens is 1. The fourth-order valence-electron chi connectivity index (χ4n) is 1.74. The zero-order valence-corrected chi connectivity index (χ0v) is 9.55. The molecule has 0 aliphatic rings. The van der Waals surface area contributed by atoms with Crippen molar-refractivity contribution < 1.29 is 9.53 Å². The number of hydrogen-bond acceptors (Lipinski definition) is 3. The molecule has 0 unspecified atom stereocenters. The summed E-state index contributed by atoms with van der Waals surface area (Å²) in [6, 6.07) is 8.67. The average molecular weight is 231 g/mol. The van der Waals surface area contributed by atoms with Gasteiger partial charge in [0.25, 0.3) is 0 Å². The minimum Gasteiger partial charge on any atom is -0.465 e. The fraction of sp³-hybridized carbons (Fsp3) is 0.231. The van der Waals surface area contributed by atoms with E-state index in [1.807, 2.05) is 12.1 Å². The molecule has 0 amide bonds. The largest absolute Gasteiger partial charge is 0.465 e. The predicted molar refractivity (Wildman–Crippen MR) is 64.8 cm³/mol. The molecule has 4 heteroatoms. The molecule has 2 aromatic rings. The van der Waals surface area contributed by atoms with E-state index in [1.54, 1.807) is 29.8 Å². The van der Waals surface area contributed by atoms with Gasteiger partial charge in [0.05, 0.1) is 12.1 Å². The first kappa shape index (κ1) is 11.4. The number of pyridine rings is 1. The second-order valence-electron chi connectivity index (χ2n) is 3.63. The minimum atomic E-state index is -0.304. The highest BCUT2D eigenvalue weighted by atomic mass is 16.5. The van der Waals surface area contributed by atoms with Crippen molar-refractivity contribution in [3.8, 4) is 0 Å². The Morgan fingerprint density at radius 3 is 2.82 bits per heavy atom. The molecule has 0 N–H and O–H groups in total. The first-order chi connectivity index (χ1) is 8.22. The third-order valence-corrected chi connectivity index (χ3v) is 2.49. The molecule has 0 aliphatic heterocycles.